The molecule has 1 rings (SSSR count). The summed E-state index contributed by atoms with van der Waals surface area (Å²) in [6.45, 7) is 4.07. The van der Waals surface area contributed by atoms with E-state index in [2.05, 4.69) is 0 Å². The number of rotatable bonds is 9. The molecule has 0 bridgehead atoms. The maximum absolute atomic E-state index is 9.43. The Labute approximate surface area is 119 Å². The minimum Gasteiger partial charge on any atom is -0.492 e. The summed E-state index contributed by atoms with van der Waals surface area (Å²) in [6, 6.07) is 5.30. The molecule has 0 saturated heterocycles. The highest BCUT2D eigenvalue weighted by Crippen LogP contribution is 2.27. The quantitative estimate of drug-likeness (QED) is 0.710. The molecule has 0 aliphatic carbocycles. The molecule has 0 radical (unpaired) electrons. The second-order valence-electron chi connectivity index (χ2n) is 4.17. The van der Waals surface area contributed by atoms with Crippen LogP contribution in [0.1, 0.15) is 25.0 Å². The van der Waals surface area contributed by atoms with Crippen LogP contribution in [0.2, 0.25) is 5.02 Å². The van der Waals surface area contributed by atoms with Crippen molar-refractivity contribution in [2.24, 2.45) is 0 Å². The molecular formula is C14H21ClO4. The lowest BCUT2D eigenvalue weighted by atomic mass is 10.1. The second-order valence-corrected chi connectivity index (χ2v) is 4.58. The molecular weight excluding hydrogens is 268 g/mol. The standard InChI is InChI=1S/C14H21ClO4/c1-11(16)12-4-5-14(13(15)10-12)19-7-3-6-18-9-8-17-2/h4-5,10-11,16H,3,6-9H2,1-2H3/t11-/m0/s1. The summed E-state index contributed by atoms with van der Waals surface area (Å²) >= 11 is 6.07. The van der Waals surface area contributed by atoms with E-state index >= 15 is 0 Å². The number of methoxy groups -OCH3 is 1. The summed E-state index contributed by atoms with van der Waals surface area (Å²) in [5.41, 5.74) is 0.778. The average molecular weight is 289 g/mol. The maximum Gasteiger partial charge on any atom is 0.137 e. The first kappa shape index (κ1) is 16.2. The van der Waals surface area contributed by atoms with Gasteiger partial charge in [0.2, 0.25) is 0 Å². The molecule has 1 atom stereocenters. The molecule has 5 heteroatoms. The van der Waals surface area contributed by atoms with Gasteiger partial charge in [-0.25, -0.2) is 0 Å². The SMILES string of the molecule is COCCOCCCOc1ccc([C@H](C)O)cc1Cl. The van der Waals surface area contributed by atoms with E-state index < -0.39 is 6.10 Å². The van der Waals surface area contributed by atoms with Gasteiger partial charge in [0.25, 0.3) is 0 Å². The van der Waals surface area contributed by atoms with Gasteiger partial charge in [-0.1, -0.05) is 17.7 Å². The van der Waals surface area contributed by atoms with Crippen molar-refractivity contribution in [1.29, 1.82) is 0 Å². The number of hydrogen-bond acceptors (Lipinski definition) is 4. The van der Waals surface area contributed by atoms with Crippen molar-refractivity contribution >= 4 is 11.6 Å². The van der Waals surface area contributed by atoms with E-state index in [1.807, 2.05) is 0 Å². The van der Waals surface area contributed by atoms with Gasteiger partial charge in [-0.2, -0.15) is 0 Å². The van der Waals surface area contributed by atoms with Gasteiger partial charge in [0.1, 0.15) is 5.75 Å². The Balaban J connectivity index is 2.26. The van der Waals surface area contributed by atoms with Crippen LogP contribution in [0.25, 0.3) is 0 Å². The van der Waals surface area contributed by atoms with Crippen LogP contribution >= 0.6 is 11.6 Å². The molecule has 1 N–H and O–H groups in total. The fourth-order valence-electron chi connectivity index (χ4n) is 1.48. The van der Waals surface area contributed by atoms with Crippen molar-refractivity contribution in [3.05, 3.63) is 28.8 Å². The van der Waals surface area contributed by atoms with Crippen LogP contribution in [0.4, 0.5) is 0 Å². The molecule has 0 aromatic heterocycles. The summed E-state index contributed by atoms with van der Waals surface area (Å²) in [5, 5.41) is 9.94. The fraction of sp³-hybridized carbons (Fsp3) is 0.571. The molecule has 108 valence electrons. The summed E-state index contributed by atoms with van der Waals surface area (Å²) in [5.74, 6) is 0.628. The third kappa shape index (κ3) is 6.25. The Morgan fingerprint density at radius 1 is 1.21 bits per heavy atom. The van der Waals surface area contributed by atoms with E-state index in [4.69, 9.17) is 25.8 Å². The van der Waals surface area contributed by atoms with Crippen molar-refractivity contribution in [2.75, 3.05) is 33.5 Å². The van der Waals surface area contributed by atoms with Gasteiger partial charge in [0, 0.05) is 20.1 Å². The van der Waals surface area contributed by atoms with E-state index in [9.17, 15) is 5.11 Å². The predicted molar refractivity (Wildman–Crippen MR) is 74.9 cm³/mol. The molecule has 0 spiro atoms. The van der Waals surface area contributed by atoms with Gasteiger partial charge in [-0.15, -0.1) is 0 Å². The Morgan fingerprint density at radius 3 is 2.63 bits per heavy atom. The van der Waals surface area contributed by atoms with Crippen LogP contribution < -0.4 is 4.74 Å². The zero-order chi connectivity index (χ0) is 14.1. The molecule has 0 aliphatic rings. The lowest BCUT2D eigenvalue weighted by Crippen LogP contribution is -2.07. The number of aliphatic hydroxyl groups is 1. The third-order valence-electron chi connectivity index (χ3n) is 2.56. The molecule has 0 aliphatic heterocycles. The molecule has 0 heterocycles. The lowest BCUT2D eigenvalue weighted by Gasteiger charge is -2.11. The summed E-state index contributed by atoms with van der Waals surface area (Å²) < 4.78 is 15.7. The number of hydrogen-bond donors (Lipinski definition) is 1. The number of halogens is 1. The van der Waals surface area contributed by atoms with Crippen LogP contribution in [0.15, 0.2) is 18.2 Å². The third-order valence-corrected chi connectivity index (χ3v) is 2.86. The van der Waals surface area contributed by atoms with Crippen molar-refractivity contribution in [1.82, 2.24) is 0 Å². The average Bonchev–Trinajstić information content (AvgIpc) is 2.39. The Morgan fingerprint density at radius 2 is 2.00 bits per heavy atom. The van der Waals surface area contributed by atoms with Crippen LogP contribution in [0, 0.1) is 0 Å². The van der Waals surface area contributed by atoms with Gasteiger partial charge in [0.05, 0.1) is 30.9 Å². The summed E-state index contributed by atoms with van der Waals surface area (Å²) in [6.07, 6.45) is 0.263. The number of ether oxygens (including phenoxy) is 3. The number of benzene rings is 1. The highest BCUT2D eigenvalue weighted by molar-refractivity contribution is 6.32. The van der Waals surface area contributed by atoms with E-state index in [-0.39, 0.29) is 0 Å². The van der Waals surface area contributed by atoms with Crippen LogP contribution in [-0.2, 0) is 9.47 Å². The van der Waals surface area contributed by atoms with Crippen molar-refractivity contribution < 1.29 is 19.3 Å². The first-order chi connectivity index (χ1) is 9.15. The first-order valence-corrected chi connectivity index (χ1v) is 6.70. The smallest absolute Gasteiger partial charge is 0.137 e. The zero-order valence-electron chi connectivity index (χ0n) is 11.4. The Bertz CT molecular complexity index is 368. The van der Waals surface area contributed by atoms with Crippen LogP contribution in [-0.4, -0.2) is 38.6 Å². The highest BCUT2D eigenvalue weighted by atomic mass is 35.5. The normalized spacial score (nSPS) is 12.4. The molecule has 1 aromatic rings. The van der Waals surface area contributed by atoms with E-state index in [0.29, 0.717) is 37.2 Å². The predicted octanol–water partition coefficient (Wildman–Crippen LogP) is 2.83. The Hall–Kier alpha value is -0.810. The molecule has 0 saturated carbocycles. The molecule has 19 heavy (non-hydrogen) atoms. The van der Waals surface area contributed by atoms with Gasteiger partial charge in [0.15, 0.2) is 0 Å². The van der Waals surface area contributed by atoms with E-state index in [1.54, 1.807) is 32.2 Å². The van der Waals surface area contributed by atoms with Crippen molar-refractivity contribution in [3.63, 3.8) is 0 Å². The minimum absolute atomic E-state index is 0.513. The first-order valence-electron chi connectivity index (χ1n) is 6.32. The largest absolute Gasteiger partial charge is 0.492 e. The minimum atomic E-state index is -0.527. The summed E-state index contributed by atoms with van der Waals surface area (Å²) in [4.78, 5) is 0. The fourth-order valence-corrected chi connectivity index (χ4v) is 1.72. The van der Waals surface area contributed by atoms with E-state index in [0.717, 1.165) is 12.0 Å². The maximum atomic E-state index is 9.43. The molecule has 0 fully saturated rings. The van der Waals surface area contributed by atoms with Gasteiger partial charge >= 0.3 is 0 Å². The highest BCUT2D eigenvalue weighted by Gasteiger charge is 2.06. The Kier molecular flexibility index (Phi) is 7.82. The summed E-state index contributed by atoms with van der Waals surface area (Å²) in [7, 11) is 1.64. The molecule has 1 aromatic carbocycles. The topological polar surface area (TPSA) is 47.9 Å². The molecule has 4 nitrogen and oxygen atoms in total. The van der Waals surface area contributed by atoms with Crippen molar-refractivity contribution in [3.8, 4) is 5.75 Å². The van der Waals surface area contributed by atoms with Gasteiger partial charge in [-0.3, -0.25) is 0 Å². The van der Waals surface area contributed by atoms with Crippen LogP contribution in [0.5, 0.6) is 5.75 Å². The van der Waals surface area contributed by atoms with Gasteiger partial charge < -0.3 is 19.3 Å². The second kappa shape index (κ2) is 9.15. The van der Waals surface area contributed by atoms with E-state index in [1.165, 1.54) is 0 Å². The van der Waals surface area contributed by atoms with Gasteiger partial charge in [-0.05, 0) is 24.6 Å². The molecule has 0 unspecified atom stereocenters. The zero-order valence-corrected chi connectivity index (χ0v) is 12.2. The molecule has 0 amide bonds. The van der Waals surface area contributed by atoms with Crippen LogP contribution in [0.3, 0.4) is 0 Å². The van der Waals surface area contributed by atoms with Crippen molar-refractivity contribution in [2.45, 2.75) is 19.4 Å². The lowest BCUT2D eigenvalue weighted by molar-refractivity contribution is 0.0644. The monoisotopic (exact) mass is 288 g/mol. The number of aliphatic hydroxyl groups excluding tert-OH is 1.